The zero-order chi connectivity index (χ0) is 10.6. The molecule has 1 heterocycles. The van der Waals surface area contributed by atoms with Crippen LogP contribution in [0, 0.1) is 6.92 Å². The van der Waals surface area contributed by atoms with Crippen molar-refractivity contribution >= 4 is 38.7 Å². The minimum absolute atomic E-state index is 0.138. The van der Waals surface area contributed by atoms with E-state index in [1.165, 1.54) is 9.77 Å². The monoisotopic (exact) mass is 246 g/mol. The minimum Gasteiger partial charge on any atom is -0.299 e. The van der Waals surface area contributed by atoms with Crippen LogP contribution in [0.5, 0.6) is 0 Å². The number of hydrogen-bond acceptors (Lipinski definition) is 4. The van der Waals surface area contributed by atoms with E-state index in [0.29, 0.717) is 0 Å². The van der Waals surface area contributed by atoms with Gasteiger partial charge < -0.3 is 0 Å². The van der Waals surface area contributed by atoms with Gasteiger partial charge in [-0.25, -0.2) is 0 Å². The van der Waals surface area contributed by atoms with E-state index in [-0.39, 0.29) is 11.0 Å². The molecule has 0 bridgehead atoms. The molecule has 0 fully saturated rings. The van der Waals surface area contributed by atoms with Gasteiger partial charge in [0.15, 0.2) is 0 Å². The molecule has 0 saturated carbocycles. The van der Waals surface area contributed by atoms with Gasteiger partial charge in [0.2, 0.25) is 0 Å². The zero-order valence-electron chi connectivity index (χ0n) is 8.57. The molecule has 1 nitrogen and oxygen atoms in total. The number of thiophene rings is 1. The SMILES string of the molecule is CCC(SSc1ccsc1C)C(C)=O. The van der Waals surface area contributed by atoms with Gasteiger partial charge in [0, 0.05) is 9.77 Å². The highest BCUT2D eigenvalue weighted by atomic mass is 33.1. The number of hydrogen-bond donors (Lipinski definition) is 0. The van der Waals surface area contributed by atoms with Gasteiger partial charge in [0.1, 0.15) is 5.78 Å². The third kappa shape index (κ3) is 3.33. The van der Waals surface area contributed by atoms with Crippen LogP contribution < -0.4 is 0 Å². The Balaban J connectivity index is 2.47. The topological polar surface area (TPSA) is 17.1 Å². The van der Waals surface area contributed by atoms with Crippen molar-refractivity contribution < 1.29 is 4.79 Å². The standard InChI is InChI=1S/C10H14OS3/c1-4-9(7(2)11)13-14-10-5-6-12-8(10)3/h5-6,9H,4H2,1-3H3. The summed E-state index contributed by atoms with van der Waals surface area (Å²) in [6, 6.07) is 2.12. The van der Waals surface area contributed by atoms with Crippen molar-refractivity contribution in [1.29, 1.82) is 0 Å². The van der Waals surface area contributed by atoms with Crippen molar-refractivity contribution in [2.45, 2.75) is 37.3 Å². The summed E-state index contributed by atoms with van der Waals surface area (Å²) >= 11 is 1.75. The van der Waals surface area contributed by atoms with Gasteiger partial charge in [-0.1, -0.05) is 28.5 Å². The number of Topliss-reactive ketones (excluding diaryl/α,β-unsaturated/α-hetero) is 1. The van der Waals surface area contributed by atoms with Gasteiger partial charge in [-0.05, 0) is 31.7 Å². The van der Waals surface area contributed by atoms with E-state index in [4.69, 9.17) is 0 Å². The lowest BCUT2D eigenvalue weighted by molar-refractivity contribution is -0.116. The van der Waals surface area contributed by atoms with Gasteiger partial charge in [0.25, 0.3) is 0 Å². The van der Waals surface area contributed by atoms with Crippen molar-refractivity contribution in [1.82, 2.24) is 0 Å². The first-order valence-corrected chi connectivity index (χ1v) is 7.62. The van der Waals surface area contributed by atoms with Gasteiger partial charge >= 0.3 is 0 Å². The highest BCUT2D eigenvalue weighted by Gasteiger charge is 2.13. The molecule has 0 N–H and O–H groups in total. The van der Waals surface area contributed by atoms with Gasteiger partial charge in [-0.15, -0.1) is 11.3 Å². The molecular formula is C10H14OS3. The lowest BCUT2D eigenvalue weighted by Gasteiger charge is -2.08. The Morgan fingerprint density at radius 2 is 2.36 bits per heavy atom. The number of rotatable bonds is 5. The van der Waals surface area contributed by atoms with Crippen LogP contribution in [0.4, 0.5) is 0 Å². The molecule has 4 heteroatoms. The van der Waals surface area contributed by atoms with Crippen LogP contribution >= 0.6 is 32.9 Å². The maximum atomic E-state index is 11.2. The number of aryl methyl sites for hydroxylation is 1. The highest BCUT2D eigenvalue weighted by Crippen LogP contribution is 2.39. The quantitative estimate of drug-likeness (QED) is 0.726. The van der Waals surface area contributed by atoms with Crippen molar-refractivity contribution in [2.75, 3.05) is 0 Å². The molecule has 0 radical (unpaired) electrons. The average Bonchev–Trinajstić information content (AvgIpc) is 2.52. The molecule has 0 saturated heterocycles. The predicted octanol–water partition coefficient (Wildman–Crippen LogP) is 4.16. The second-order valence-corrected chi connectivity index (χ2v) is 6.59. The largest absolute Gasteiger partial charge is 0.299 e. The summed E-state index contributed by atoms with van der Waals surface area (Å²) < 4.78 is 0. The Labute approximate surface area is 97.1 Å². The number of carbonyl (C=O) groups is 1. The Kier molecular flexibility index (Phi) is 5.06. The van der Waals surface area contributed by atoms with Gasteiger partial charge in [-0.2, -0.15) is 0 Å². The van der Waals surface area contributed by atoms with Crippen molar-refractivity contribution in [3.8, 4) is 0 Å². The summed E-state index contributed by atoms with van der Waals surface area (Å²) in [6.07, 6.45) is 0.913. The highest BCUT2D eigenvalue weighted by molar-refractivity contribution is 8.77. The van der Waals surface area contributed by atoms with E-state index in [9.17, 15) is 4.79 Å². The molecular weight excluding hydrogens is 232 g/mol. The first-order chi connectivity index (χ1) is 6.65. The fraction of sp³-hybridized carbons (Fsp3) is 0.500. The van der Waals surface area contributed by atoms with Crippen LogP contribution in [-0.2, 0) is 4.79 Å². The third-order valence-corrected chi connectivity index (χ3v) is 6.00. The molecule has 1 aromatic rings. The van der Waals surface area contributed by atoms with Crippen molar-refractivity contribution in [2.24, 2.45) is 0 Å². The van der Waals surface area contributed by atoms with Crippen LogP contribution in [0.25, 0.3) is 0 Å². The van der Waals surface area contributed by atoms with Gasteiger partial charge in [-0.3, -0.25) is 4.79 Å². The molecule has 0 aliphatic heterocycles. The van der Waals surface area contributed by atoms with Crippen LogP contribution in [0.1, 0.15) is 25.1 Å². The molecule has 1 rings (SSSR count). The maximum Gasteiger partial charge on any atom is 0.143 e. The molecule has 1 unspecified atom stereocenters. The fourth-order valence-corrected chi connectivity index (χ4v) is 4.85. The molecule has 0 aliphatic rings. The van der Waals surface area contributed by atoms with Crippen molar-refractivity contribution in [3.05, 3.63) is 16.3 Å². The normalized spacial score (nSPS) is 12.8. The summed E-state index contributed by atoms with van der Waals surface area (Å²) in [5.74, 6) is 0.276. The molecule has 0 aliphatic carbocycles. The summed E-state index contributed by atoms with van der Waals surface area (Å²) in [7, 11) is 3.40. The third-order valence-electron chi connectivity index (χ3n) is 1.89. The molecule has 1 atom stereocenters. The van der Waals surface area contributed by atoms with E-state index in [1.807, 2.05) is 0 Å². The average molecular weight is 246 g/mol. The molecule has 0 aromatic carbocycles. The second kappa shape index (κ2) is 5.83. The zero-order valence-corrected chi connectivity index (χ0v) is 11.0. The summed E-state index contributed by atoms with van der Waals surface area (Å²) in [4.78, 5) is 13.8. The number of ketones is 1. The lowest BCUT2D eigenvalue weighted by atomic mass is 10.2. The van der Waals surface area contributed by atoms with Crippen LogP contribution in [0.2, 0.25) is 0 Å². The van der Waals surface area contributed by atoms with Crippen LogP contribution in [0.15, 0.2) is 16.3 Å². The van der Waals surface area contributed by atoms with E-state index in [0.717, 1.165) is 6.42 Å². The first kappa shape index (κ1) is 12.1. The molecule has 0 spiro atoms. The fourth-order valence-electron chi connectivity index (χ4n) is 0.993. The van der Waals surface area contributed by atoms with Gasteiger partial charge in [0.05, 0.1) is 5.25 Å². The molecule has 78 valence electrons. The summed E-state index contributed by atoms with van der Waals surface area (Å²) in [6.45, 7) is 5.84. The Hall–Kier alpha value is 0.0700. The van der Waals surface area contributed by atoms with Crippen molar-refractivity contribution in [3.63, 3.8) is 0 Å². The van der Waals surface area contributed by atoms with E-state index in [2.05, 4.69) is 25.3 Å². The second-order valence-electron chi connectivity index (χ2n) is 3.03. The number of carbonyl (C=O) groups excluding carboxylic acids is 1. The Bertz CT molecular complexity index is 306. The smallest absolute Gasteiger partial charge is 0.143 e. The van der Waals surface area contributed by atoms with E-state index < -0.39 is 0 Å². The van der Waals surface area contributed by atoms with E-state index in [1.54, 1.807) is 39.8 Å². The maximum absolute atomic E-state index is 11.2. The van der Waals surface area contributed by atoms with E-state index >= 15 is 0 Å². The van der Waals surface area contributed by atoms with Crippen LogP contribution in [0.3, 0.4) is 0 Å². The first-order valence-electron chi connectivity index (χ1n) is 4.53. The summed E-state index contributed by atoms with van der Waals surface area (Å²) in [5.41, 5.74) is 0. The van der Waals surface area contributed by atoms with Crippen LogP contribution in [-0.4, -0.2) is 11.0 Å². The lowest BCUT2D eigenvalue weighted by Crippen LogP contribution is -2.10. The Morgan fingerprint density at radius 3 is 2.79 bits per heavy atom. The molecule has 0 amide bonds. The molecule has 14 heavy (non-hydrogen) atoms. The Morgan fingerprint density at radius 1 is 1.64 bits per heavy atom. The predicted molar refractivity (Wildman–Crippen MR) is 67.3 cm³/mol. The molecule has 1 aromatic heterocycles. The summed E-state index contributed by atoms with van der Waals surface area (Å²) in [5, 5.41) is 2.23. The minimum atomic E-state index is 0.138.